The number of rotatable bonds is 4. The summed E-state index contributed by atoms with van der Waals surface area (Å²) in [6.07, 6.45) is 0. The maximum absolute atomic E-state index is 14.0. The summed E-state index contributed by atoms with van der Waals surface area (Å²) in [6.45, 7) is 1.92. The summed E-state index contributed by atoms with van der Waals surface area (Å²) in [5.41, 5.74) is 0.540. The van der Waals surface area contributed by atoms with Gasteiger partial charge in [0.2, 0.25) is 5.82 Å². The second-order valence-electron chi connectivity index (χ2n) is 4.05. The van der Waals surface area contributed by atoms with Gasteiger partial charge in [-0.2, -0.15) is 4.39 Å². The van der Waals surface area contributed by atoms with Crippen LogP contribution >= 0.6 is 0 Å². The van der Waals surface area contributed by atoms with Gasteiger partial charge < -0.3 is 9.84 Å². The Labute approximate surface area is 114 Å². The van der Waals surface area contributed by atoms with Gasteiger partial charge in [-0.05, 0) is 36.8 Å². The summed E-state index contributed by atoms with van der Waals surface area (Å²) in [4.78, 5) is 10.7. The molecule has 0 amide bonds. The van der Waals surface area contributed by atoms with E-state index < -0.39 is 17.6 Å². The molecule has 0 radical (unpaired) electrons. The summed E-state index contributed by atoms with van der Waals surface area (Å²) in [5, 5.41) is 8.79. The molecule has 0 saturated carbocycles. The maximum atomic E-state index is 14.0. The Bertz CT molecular complexity index is 636. The molecule has 0 bridgehead atoms. The molecule has 0 aliphatic carbocycles. The number of carboxylic acids is 1. The summed E-state index contributed by atoms with van der Waals surface area (Å²) < 4.78 is 32.7. The van der Waals surface area contributed by atoms with Crippen molar-refractivity contribution in [2.75, 3.05) is 6.61 Å². The molecule has 0 fully saturated rings. The molecule has 2 aromatic carbocycles. The minimum absolute atomic E-state index is 0.0582. The van der Waals surface area contributed by atoms with Crippen LogP contribution < -0.4 is 4.74 Å². The molecular formula is C15H12F2O3. The van der Waals surface area contributed by atoms with E-state index in [2.05, 4.69) is 0 Å². The lowest BCUT2D eigenvalue weighted by molar-refractivity contribution is 0.0697. The third-order valence-corrected chi connectivity index (χ3v) is 2.79. The Morgan fingerprint density at radius 1 is 1.10 bits per heavy atom. The van der Waals surface area contributed by atoms with E-state index in [0.717, 1.165) is 0 Å². The normalized spacial score (nSPS) is 10.3. The molecule has 0 heterocycles. The molecule has 20 heavy (non-hydrogen) atoms. The third-order valence-electron chi connectivity index (χ3n) is 2.79. The first-order valence-electron chi connectivity index (χ1n) is 5.99. The van der Waals surface area contributed by atoms with E-state index in [1.807, 2.05) is 0 Å². The molecule has 2 rings (SSSR count). The highest BCUT2D eigenvalue weighted by molar-refractivity contribution is 5.88. The Morgan fingerprint density at radius 2 is 1.75 bits per heavy atom. The number of aromatic carboxylic acids is 1. The molecule has 0 aliphatic rings. The van der Waals surface area contributed by atoms with E-state index in [0.29, 0.717) is 5.56 Å². The zero-order valence-corrected chi connectivity index (χ0v) is 10.7. The monoisotopic (exact) mass is 278 g/mol. The van der Waals surface area contributed by atoms with Gasteiger partial charge in [0.05, 0.1) is 12.2 Å². The Balaban J connectivity index is 2.42. The van der Waals surface area contributed by atoms with E-state index >= 15 is 0 Å². The number of hydrogen-bond donors (Lipinski definition) is 1. The van der Waals surface area contributed by atoms with Crippen LogP contribution in [0, 0.1) is 11.6 Å². The second kappa shape index (κ2) is 5.69. The second-order valence-corrected chi connectivity index (χ2v) is 4.05. The van der Waals surface area contributed by atoms with Crippen LogP contribution in [-0.4, -0.2) is 17.7 Å². The Morgan fingerprint density at radius 3 is 2.30 bits per heavy atom. The molecule has 2 aromatic rings. The number of carbonyl (C=O) groups is 1. The molecule has 0 spiro atoms. The zero-order chi connectivity index (χ0) is 14.7. The van der Waals surface area contributed by atoms with Gasteiger partial charge in [-0.25, -0.2) is 9.18 Å². The van der Waals surface area contributed by atoms with Crippen molar-refractivity contribution in [3.63, 3.8) is 0 Å². The molecule has 0 aliphatic heterocycles. The predicted molar refractivity (Wildman–Crippen MR) is 69.9 cm³/mol. The highest BCUT2D eigenvalue weighted by Crippen LogP contribution is 2.30. The minimum Gasteiger partial charge on any atom is -0.491 e. The van der Waals surface area contributed by atoms with Gasteiger partial charge >= 0.3 is 5.97 Å². The van der Waals surface area contributed by atoms with Crippen LogP contribution in [0.5, 0.6) is 5.75 Å². The molecule has 1 N–H and O–H groups in total. The van der Waals surface area contributed by atoms with Gasteiger partial charge in [-0.3, -0.25) is 0 Å². The van der Waals surface area contributed by atoms with Gasteiger partial charge in [-0.1, -0.05) is 12.1 Å². The number of ether oxygens (including phenoxy) is 1. The number of benzene rings is 2. The summed E-state index contributed by atoms with van der Waals surface area (Å²) in [5.74, 6) is -3.28. The van der Waals surface area contributed by atoms with Crippen molar-refractivity contribution < 1.29 is 23.4 Å². The van der Waals surface area contributed by atoms with Crippen molar-refractivity contribution in [3.05, 3.63) is 53.6 Å². The van der Waals surface area contributed by atoms with Crippen LogP contribution in [0.3, 0.4) is 0 Å². The van der Waals surface area contributed by atoms with Gasteiger partial charge in [-0.15, -0.1) is 0 Å². The molecular weight excluding hydrogens is 266 g/mol. The van der Waals surface area contributed by atoms with Crippen molar-refractivity contribution in [2.24, 2.45) is 0 Å². The van der Waals surface area contributed by atoms with Gasteiger partial charge in [0.15, 0.2) is 11.6 Å². The summed E-state index contributed by atoms with van der Waals surface area (Å²) in [7, 11) is 0. The minimum atomic E-state index is -1.07. The van der Waals surface area contributed by atoms with Crippen molar-refractivity contribution in [2.45, 2.75) is 6.92 Å². The van der Waals surface area contributed by atoms with Crippen LogP contribution in [0.15, 0.2) is 36.4 Å². The number of carboxylic acid groups (broad SMARTS) is 1. The molecule has 3 nitrogen and oxygen atoms in total. The lowest BCUT2D eigenvalue weighted by Gasteiger charge is -2.09. The van der Waals surface area contributed by atoms with E-state index in [4.69, 9.17) is 9.84 Å². The van der Waals surface area contributed by atoms with Gasteiger partial charge in [0.1, 0.15) is 0 Å². The van der Waals surface area contributed by atoms with E-state index in [1.54, 1.807) is 6.92 Å². The standard InChI is InChI=1S/C15H12F2O3/c1-2-20-12-8-7-11(13(16)14(12)17)9-3-5-10(6-4-9)15(18)19/h3-8H,2H2,1H3,(H,18,19). The number of halogens is 2. The van der Waals surface area contributed by atoms with Crippen LogP contribution in [0.2, 0.25) is 0 Å². The van der Waals surface area contributed by atoms with Crippen LogP contribution in [0.25, 0.3) is 11.1 Å². The first-order valence-corrected chi connectivity index (χ1v) is 5.99. The van der Waals surface area contributed by atoms with Crippen molar-refractivity contribution in [3.8, 4) is 16.9 Å². The first-order chi connectivity index (χ1) is 9.54. The Kier molecular flexibility index (Phi) is 3.98. The zero-order valence-electron chi connectivity index (χ0n) is 10.7. The number of hydrogen-bond acceptors (Lipinski definition) is 2. The highest BCUT2D eigenvalue weighted by atomic mass is 19.2. The van der Waals surface area contributed by atoms with Crippen LogP contribution in [0.4, 0.5) is 8.78 Å². The van der Waals surface area contributed by atoms with E-state index in [1.165, 1.54) is 36.4 Å². The van der Waals surface area contributed by atoms with Gasteiger partial charge in [0, 0.05) is 5.56 Å². The van der Waals surface area contributed by atoms with E-state index in [-0.39, 0.29) is 23.5 Å². The average Bonchev–Trinajstić information content (AvgIpc) is 2.44. The molecule has 0 saturated heterocycles. The molecule has 0 aromatic heterocycles. The topological polar surface area (TPSA) is 46.5 Å². The van der Waals surface area contributed by atoms with Crippen molar-refractivity contribution in [1.82, 2.24) is 0 Å². The largest absolute Gasteiger partial charge is 0.491 e. The Hall–Kier alpha value is -2.43. The molecule has 5 heteroatoms. The third kappa shape index (κ3) is 2.61. The molecule has 0 unspecified atom stereocenters. The van der Waals surface area contributed by atoms with Crippen molar-refractivity contribution >= 4 is 5.97 Å². The lowest BCUT2D eigenvalue weighted by Crippen LogP contribution is -1.99. The molecule has 0 atom stereocenters. The van der Waals surface area contributed by atoms with Crippen LogP contribution in [-0.2, 0) is 0 Å². The highest BCUT2D eigenvalue weighted by Gasteiger charge is 2.15. The average molecular weight is 278 g/mol. The first kappa shape index (κ1) is 14.0. The van der Waals surface area contributed by atoms with E-state index in [9.17, 15) is 13.6 Å². The SMILES string of the molecule is CCOc1ccc(-c2ccc(C(=O)O)cc2)c(F)c1F. The fourth-order valence-corrected chi connectivity index (χ4v) is 1.81. The lowest BCUT2D eigenvalue weighted by atomic mass is 10.0. The summed E-state index contributed by atoms with van der Waals surface area (Å²) >= 11 is 0. The van der Waals surface area contributed by atoms with Crippen molar-refractivity contribution in [1.29, 1.82) is 0 Å². The summed E-state index contributed by atoms with van der Waals surface area (Å²) in [6, 6.07) is 8.29. The van der Waals surface area contributed by atoms with Crippen LogP contribution in [0.1, 0.15) is 17.3 Å². The van der Waals surface area contributed by atoms with Gasteiger partial charge in [0.25, 0.3) is 0 Å². The fourth-order valence-electron chi connectivity index (χ4n) is 1.81. The smallest absolute Gasteiger partial charge is 0.335 e. The fraction of sp³-hybridized carbons (Fsp3) is 0.133. The quantitative estimate of drug-likeness (QED) is 0.927. The molecule has 104 valence electrons. The maximum Gasteiger partial charge on any atom is 0.335 e. The predicted octanol–water partition coefficient (Wildman–Crippen LogP) is 3.73.